The molecule has 1 atom stereocenters. The largest absolute Gasteiger partial charge is 0.460 e. The lowest BCUT2D eigenvalue weighted by Crippen LogP contribution is -2.43. The van der Waals surface area contributed by atoms with Crippen LogP contribution in [-0.2, 0) is 4.79 Å². The lowest BCUT2D eigenvalue weighted by atomic mass is 9.81. The van der Waals surface area contributed by atoms with Gasteiger partial charge in [-0.25, -0.2) is 0 Å². The van der Waals surface area contributed by atoms with Crippen molar-refractivity contribution in [3.63, 3.8) is 0 Å². The second-order valence-corrected chi connectivity index (χ2v) is 6.69. The molecule has 1 unspecified atom stereocenters. The highest BCUT2D eigenvalue weighted by Crippen LogP contribution is 2.28. The molecule has 126 valence electrons. The number of para-hydroxylation sites is 1. The Hall–Kier alpha value is -1.52. The minimum absolute atomic E-state index is 0. The van der Waals surface area contributed by atoms with E-state index in [0.717, 1.165) is 49.2 Å². The van der Waals surface area contributed by atoms with Crippen molar-refractivity contribution >= 4 is 29.3 Å². The molecule has 0 spiro atoms. The summed E-state index contributed by atoms with van der Waals surface area (Å²) in [4.78, 5) is 12.4. The summed E-state index contributed by atoms with van der Waals surface area (Å²) in [6.07, 6.45) is 2.21. The van der Waals surface area contributed by atoms with E-state index in [9.17, 15) is 4.79 Å². The molecule has 1 aliphatic rings. The fourth-order valence-electron chi connectivity index (χ4n) is 3.01. The van der Waals surface area contributed by atoms with Crippen LogP contribution < -0.4 is 10.6 Å². The number of carbonyl (C=O) groups excluding carboxylic acids is 1. The lowest BCUT2D eigenvalue weighted by Gasteiger charge is -2.34. The van der Waals surface area contributed by atoms with Gasteiger partial charge in [-0.15, -0.1) is 12.4 Å². The molecule has 2 heterocycles. The third-order valence-corrected chi connectivity index (χ3v) is 4.76. The highest BCUT2D eigenvalue weighted by Gasteiger charge is 2.28. The molecule has 1 aromatic heterocycles. The number of hydrogen-bond acceptors (Lipinski definition) is 3. The Bertz CT molecular complexity index is 629. The first-order valence-electron chi connectivity index (χ1n) is 8.04. The van der Waals surface area contributed by atoms with Crippen molar-refractivity contribution in [1.29, 1.82) is 0 Å². The number of amides is 1. The number of piperidine rings is 1. The molecule has 1 fully saturated rings. The van der Waals surface area contributed by atoms with Crippen LogP contribution in [0.3, 0.4) is 0 Å². The summed E-state index contributed by atoms with van der Waals surface area (Å²) in [5.41, 5.74) is 1.04. The van der Waals surface area contributed by atoms with Gasteiger partial charge in [0.15, 0.2) is 0 Å². The molecule has 23 heavy (non-hydrogen) atoms. The molecule has 1 saturated heterocycles. The van der Waals surface area contributed by atoms with E-state index in [4.69, 9.17) is 4.42 Å². The molecule has 1 aliphatic heterocycles. The number of halogens is 1. The molecule has 0 bridgehead atoms. The molecule has 5 heteroatoms. The van der Waals surface area contributed by atoms with E-state index >= 15 is 0 Å². The molecule has 0 saturated carbocycles. The lowest BCUT2D eigenvalue weighted by molar-refractivity contribution is -0.123. The molecular formula is C18H25ClN2O2. The van der Waals surface area contributed by atoms with Gasteiger partial charge in [0.1, 0.15) is 11.3 Å². The van der Waals surface area contributed by atoms with E-state index in [1.807, 2.05) is 37.3 Å². The second kappa shape index (κ2) is 7.37. The Morgan fingerprint density at radius 3 is 2.74 bits per heavy atom. The van der Waals surface area contributed by atoms with E-state index in [2.05, 4.69) is 17.6 Å². The number of nitrogens with one attached hydrogen (secondary N) is 2. The summed E-state index contributed by atoms with van der Waals surface area (Å²) in [5.74, 6) is 0.505. The SMILES string of the molecule is CC(C(=O)NCC1(C)CCNCC1)c1cc2ccccc2o1.Cl. The van der Waals surface area contributed by atoms with E-state index in [1.54, 1.807) is 0 Å². The van der Waals surface area contributed by atoms with Crippen LogP contribution in [0.25, 0.3) is 11.0 Å². The molecule has 4 nitrogen and oxygen atoms in total. The zero-order valence-electron chi connectivity index (χ0n) is 13.7. The predicted octanol–water partition coefficient (Wildman–Crippen LogP) is 3.46. The maximum absolute atomic E-state index is 12.4. The predicted molar refractivity (Wildman–Crippen MR) is 95.1 cm³/mol. The van der Waals surface area contributed by atoms with Crippen molar-refractivity contribution in [2.45, 2.75) is 32.6 Å². The standard InChI is InChI=1S/C18H24N2O2.ClH/c1-13(16-11-14-5-3-4-6-15(14)22-16)17(21)20-12-18(2)7-9-19-10-8-18;/h3-6,11,13,19H,7-10,12H2,1-2H3,(H,20,21);1H. The molecular weight excluding hydrogens is 312 g/mol. The summed E-state index contributed by atoms with van der Waals surface area (Å²) in [5, 5.41) is 7.52. The van der Waals surface area contributed by atoms with Crippen LogP contribution in [0.15, 0.2) is 34.7 Å². The zero-order valence-corrected chi connectivity index (χ0v) is 14.5. The summed E-state index contributed by atoms with van der Waals surface area (Å²) in [6.45, 7) is 6.95. The zero-order chi connectivity index (χ0) is 15.6. The first-order chi connectivity index (χ1) is 10.6. The van der Waals surface area contributed by atoms with Gasteiger partial charge >= 0.3 is 0 Å². The fraction of sp³-hybridized carbons (Fsp3) is 0.500. The van der Waals surface area contributed by atoms with Crippen LogP contribution in [-0.4, -0.2) is 25.5 Å². The van der Waals surface area contributed by atoms with Crippen LogP contribution >= 0.6 is 12.4 Å². The smallest absolute Gasteiger partial charge is 0.230 e. The molecule has 0 radical (unpaired) electrons. The number of furan rings is 1. The number of rotatable bonds is 4. The molecule has 2 N–H and O–H groups in total. The van der Waals surface area contributed by atoms with Crippen molar-refractivity contribution < 1.29 is 9.21 Å². The molecule has 1 amide bonds. The van der Waals surface area contributed by atoms with Gasteiger partial charge in [-0.2, -0.15) is 0 Å². The Labute approximate surface area is 143 Å². The third-order valence-electron chi connectivity index (χ3n) is 4.76. The van der Waals surface area contributed by atoms with Gasteiger partial charge in [0.2, 0.25) is 5.91 Å². The van der Waals surface area contributed by atoms with Crippen molar-refractivity contribution in [1.82, 2.24) is 10.6 Å². The fourth-order valence-corrected chi connectivity index (χ4v) is 3.01. The van der Waals surface area contributed by atoms with Gasteiger partial charge in [-0.05, 0) is 50.4 Å². The Kier molecular flexibility index (Phi) is 5.71. The van der Waals surface area contributed by atoms with Gasteiger partial charge < -0.3 is 15.1 Å². The topological polar surface area (TPSA) is 54.3 Å². The monoisotopic (exact) mass is 336 g/mol. The van der Waals surface area contributed by atoms with Crippen LogP contribution in [0.5, 0.6) is 0 Å². The maximum Gasteiger partial charge on any atom is 0.230 e. The van der Waals surface area contributed by atoms with Crippen LogP contribution in [0.1, 0.15) is 38.4 Å². The van der Waals surface area contributed by atoms with E-state index in [-0.39, 0.29) is 29.6 Å². The average Bonchev–Trinajstić information content (AvgIpc) is 2.96. The Morgan fingerprint density at radius 2 is 2.04 bits per heavy atom. The minimum Gasteiger partial charge on any atom is -0.460 e. The third kappa shape index (κ3) is 4.06. The highest BCUT2D eigenvalue weighted by atomic mass is 35.5. The summed E-state index contributed by atoms with van der Waals surface area (Å²) in [6, 6.07) is 9.82. The molecule has 1 aromatic carbocycles. The van der Waals surface area contributed by atoms with Gasteiger partial charge in [-0.1, -0.05) is 25.1 Å². The molecule has 0 aliphatic carbocycles. The van der Waals surface area contributed by atoms with Gasteiger partial charge in [-0.3, -0.25) is 4.79 Å². The Morgan fingerprint density at radius 1 is 1.35 bits per heavy atom. The number of carbonyl (C=O) groups is 1. The van der Waals surface area contributed by atoms with Crippen molar-refractivity contribution in [3.05, 3.63) is 36.1 Å². The quantitative estimate of drug-likeness (QED) is 0.899. The van der Waals surface area contributed by atoms with Crippen LogP contribution in [0.2, 0.25) is 0 Å². The average molecular weight is 337 g/mol. The normalized spacial score (nSPS) is 18.2. The van der Waals surface area contributed by atoms with Gasteiger partial charge in [0, 0.05) is 11.9 Å². The number of fused-ring (bicyclic) bond motifs is 1. The summed E-state index contributed by atoms with van der Waals surface area (Å²) >= 11 is 0. The van der Waals surface area contributed by atoms with E-state index in [1.165, 1.54) is 0 Å². The first kappa shape index (κ1) is 17.8. The highest BCUT2D eigenvalue weighted by molar-refractivity contribution is 5.85. The maximum atomic E-state index is 12.4. The first-order valence-corrected chi connectivity index (χ1v) is 8.04. The molecule has 2 aromatic rings. The van der Waals surface area contributed by atoms with Gasteiger partial charge in [0.25, 0.3) is 0 Å². The van der Waals surface area contributed by atoms with Crippen molar-refractivity contribution in [2.24, 2.45) is 5.41 Å². The second-order valence-electron chi connectivity index (χ2n) is 6.69. The van der Waals surface area contributed by atoms with Gasteiger partial charge in [0.05, 0.1) is 5.92 Å². The van der Waals surface area contributed by atoms with E-state index in [0.29, 0.717) is 0 Å². The van der Waals surface area contributed by atoms with Crippen LogP contribution in [0.4, 0.5) is 0 Å². The van der Waals surface area contributed by atoms with E-state index < -0.39 is 0 Å². The summed E-state index contributed by atoms with van der Waals surface area (Å²) in [7, 11) is 0. The van der Waals surface area contributed by atoms with Crippen molar-refractivity contribution in [2.75, 3.05) is 19.6 Å². The Balaban J connectivity index is 0.00000192. The molecule has 3 rings (SSSR count). The number of benzene rings is 1. The van der Waals surface area contributed by atoms with Crippen molar-refractivity contribution in [3.8, 4) is 0 Å². The summed E-state index contributed by atoms with van der Waals surface area (Å²) < 4.78 is 5.80. The van der Waals surface area contributed by atoms with Crippen LogP contribution in [0, 0.1) is 5.41 Å². The minimum atomic E-state index is -0.266. The number of hydrogen-bond donors (Lipinski definition) is 2.